The van der Waals surface area contributed by atoms with Gasteiger partial charge in [-0.05, 0) is 26.5 Å². The lowest BCUT2D eigenvalue weighted by Crippen LogP contribution is -2.39. The highest BCUT2D eigenvalue weighted by atomic mass is 19.4. The van der Waals surface area contributed by atoms with Gasteiger partial charge in [-0.3, -0.25) is 4.68 Å². The minimum atomic E-state index is -4.42. The number of nitrogens with zero attached hydrogens (tertiary/aromatic N) is 3. The quantitative estimate of drug-likeness (QED) is 0.881. The summed E-state index contributed by atoms with van der Waals surface area (Å²) in [6.07, 6.45) is -2.79. The van der Waals surface area contributed by atoms with Crippen LogP contribution in [0.3, 0.4) is 0 Å². The number of hydrogen-bond acceptors (Lipinski definition) is 3. The number of nitriles is 1. The summed E-state index contributed by atoms with van der Waals surface area (Å²) in [6.45, 7) is 1.93. The molecule has 0 aliphatic carbocycles. The van der Waals surface area contributed by atoms with E-state index in [-0.39, 0.29) is 6.54 Å². The highest BCUT2D eigenvalue weighted by molar-refractivity contribution is 5.05. The Kier molecular flexibility index (Phi) is 3.78. The molecule has 1 aromatic rings. The summed E-state index contributed by atoms with van der Waals surface area (Å²) in [7, 11) is 1.63. The minimum Gasteiger partial charge on any atom is -0.303 e. The van der Waals surface area contributed by atoms with Crippen molar-refractivity contribution >= 4 is 0 Å². The average molecular weight is 246 g/mol. The average Bonchev–Trinajstić information content (AvgIpc) is 2.74. The van der Waals surface area contributed by atoms with E-state index in [1.807, 2.05) is 0 Å². The van der Waals surface area contributed by atoms with Crippen molar-refractivity contribution in [3.8, 4) is 6.07 Å². The highest BCUT2D eigenvalue weighted by Crippen LogP contribution is 2.27. The molecule has 1 N–H and O–H groups in total. The summed E-state index contributed by atoms with van der Waals surface area (Å²) in [5.41, 5.74) is -1.68. The monoisotopic (exact) mass is 246 g/mol. The van der Waals surface area contributed by atoms with Gasteiger partial charge in [0, 0.05) is 12.7 Å². The predicted molar refractivity (Wildman–Crippen MR) is 54.9 cm³/mol. The Morgan fingerprint density at radius 1 is 1.53 bits per heavy atom. The van der Waals surface area contributed by atoms with Crippen molar-refractivity contribution in [2.75, 3.05) is 7.05 Å². The van der Waals surface area contributed by atoms with Gasteiger partial charge in [-0.15, -0.1) is 0 Å². The van der Waals surface area contributed by atoms with Crippen molar-refractivity contribution in [1.82, 2.24) is 15.1 Å². The van der Waals surface area contributed by atoms with E-state index in [0.717, 1.165) is 6.07 Å². The van der Waals surface area contributed by atoms with Gasteiger partial charge >= 0.3 is 6.18 Å². The van der Waals surface area contributed by atoms with Crippen LogP contribution in [0, 0.1) is 11.3 Å². The first-order chi connectivity index (χ1) is 7.80. The molecule has 0 saturated carbocycles. The highest BCUT2D eigenvalue weighted by Gasteiger charge is 2.33. The largest absolute Gasteiger partial charge is 0.435 e. The van der Waals surface area contributed by atoms with Crippen LogP contribution in [-0.2, 0) is 12.7 Å². The SMILES string of the molecule is CNC(C)(C#N)CCn1ccc(C(F)(F)F)n1. The van der Waals surface area contributed by atoms with Crippen molar-refractivity contribution in [3.05, 3.63) is 18.0 Å². The molecular formula is C10H13F3N4. The van der Waals surface area contributed by atoms with Gasteiger partial charge in [0.2, 0.25) is 0 Å². The van der Waals surface area contributed by atoms with E-state index in [9.17, 15) is 13.2 Å². The van der Waals surface area contributed by atoms with E-state index < -0.39 is 17.4 Å². The third-order valence-corrected chi connectivity index (χ3v) is 2.57. The summed E-state index contributed by atoms with van der Waals surface area (Å²) in [5, 5.41) is 15.1. The Hall–Kier alpha value is -1.55. The molecular weight excluding hydrogens is 233 g/mol. The molecule has 0 aliphatic heterocycles. The minimum absolute atomic E-state index is 0.251. The van der Waals surface area contributed by atoms with Crippen molar-refractivity contribution in [1.29, 1.82) is 5.26 Å². The predicted octanol–water partition coefficient (Wildman–Crippen LogP) is 1.79. The second-order valence-corrected chi connectivity index (χ2v) is 3.91. The van der Waals surface area contributed by atoms with Gasteiger partial charge in [0.15, 0.2) is 5.69 Å². The van der Waals surface area contributed by atoms with Crippen LogP contribution in [0.2, 0.25) is 0 Å². The van der Waals surface area contributed by atoms with E-state index >= 15 is 0 Å². The lowest BCUT2D eigenvalue weighted by atomic mass is 10.0. The number of halogens is 3. The Morgan fingerprint density at radius 2 is 2.18 bits per heavy atom. The molecule has 0 saturated heterocycles. The van der Waals surface area contributed by atoms with E-state index in [0.29, 0.717) is 6.42 Å². The molecule has 1 unspecified atom stereocenters. The van der Waals surface area contributed by atoms with Crippen LogP contribution >= 0.6 is 0 Å². The third-order valence-electron chi connectivity index (χ3n) is 2.57. The molecule has 1 atom stereocenters. The second kappa shape index (κ2) is 4.75. The summed E-state index contributed by atoms with van der Waals surface area (Å²) in [4.78, 5) is 0. The zero-order valence-corrected chi connectivity index (χ0v) is 9.54. The fraction of sp³-hybridized carbons (Fsp3) is 0.600. The number of alkyl halides is 3. The maximum atomic E-state index is 12.3. The molecule has 0 bridgehead atoms. The lowest BCUT2D eigenvalue weighted by molar-refractivity contribution is -0.141. The molecule has 1 rings (SSSR count). The van der Waals surface area contributed by atoms with Crippen LogP contribution in [0.1, 0.15) is 19.0 Å². The van der Waals surface area contributed by atoms with Crippen LogP contribution in [0.15, 0.2) is 12.3 Å². The standard InChI is InChI=1S/C10H13F3N4/c1-9(7-14,15-2)4-6-17-5-3-8(16-17)10(11,12)13/h3,5,15H,4,6H2,1-2H3. The van der Waals surface area contributed by atoms with Crippen LogP contribution in [0.25, 0.3) is 0 Å². The number of hydrogen-bond donors (Lipinski definition) is 1. The Bertz CT molecular complexity index is 418. The van der Waals surface area contributed by atoms with E-state index in [2.05, 4.69) is 16.5 Å². The zero-order valence-electron chi connectivity index (χ0n) is 9.54. The lowest BCUT2D eigenvalue weighted by Gasteiger charge is -2.20. The Balaban J connectivity index is 2.66. The first-order valence-corrected chi connectivity index (χ1v) is 5.01. The van der Waals surface area contributed by atoms with Gasteiger partial charge < -0.3 is 5.32 Å². The smallest absolute Gasteiger partial charge is 0.303 e. The second-order valence-electron chi connectivity index (χ2n) is 3.91. The molecule has 17 heavy (non-hydrogen) atoms. The van der Waals surface area contributed by atoms with Gasteiger partial charge in [0.1, 0.15) is 5.54 Å². The van der Waals surface area contributed by atoms with Crippen LogP contribution in [0.5, 0.6) is 0 Å². The fourth-order valence-corrected chi connectivity index (χ4v) is 1.21. The summed E-state index contributed by atoms with van der Waals surface area (Å²) < 4.78 is 38.0. The maximum absolute atomic E-state index is 12.3. The zero-order chi connectivity index (χ0) is 13.1. The van der Waals surface area contributed by atoms with E-state index in [4.69, 9.17) is 5.26 Å². The summed E-state index contributed by atoms with van der Waals surface area (Å²) >= 11 is 0. The fourth-order valence-electron chi connectivity index (χ4n) is 1.21. The van der Waals surface area contributed by atoms with Gasteiger partial charge in [-0.2, -0.15) is 23.5 Å². The van der Waals surface area contributed by atoms with Gasteiger partial charge in [-0.1, -0.05) is 0 Å². The van der Waals surface area contributed by atoms with Crippen LogP contribution < -0.4 is 5.32 Å². The molecule has 1 aromatic heterocycles. The molecule has 0 aromatic carbocycles. The topological polar surface area (TPSA) is 53.6 Å². The van der Waals surface area contributed by atoms with Crippen LogP contribution in [-0.4, -0.2) is 22.4 Å². The van der Waals surface area contributed by atoms with E-state index in [1.165, 1.54) is 10.9 Å². The molecule has 0 spiro atoms. The molecule has 1 heterocycles. The molecule has 0 amide bonds. The van der Waals surface area contributed by atoms with Gasteiger partial charge in [-0.25, -0.2) is 0 Å². The number of aryl methyl sites for hydroxylation is 1. The van der Waals surface area contributed by atoms with Gasteiger partial charge in [0.05, 0.1) is 6.07 Å². The van der Waals surface area contributed by atoms with Crippen molar-refractivity contribution in [2.24, 2.45) is 0 Å². The number of nitrogens with one attached hydrogen (secondary N) is 1. The maximum Gasteiger partial charge on any atom is 0.435 e. The summed E-state index contributed by atoms with van der Waals surface area (Å²) in [6, 6.07) is 2.98. The number of aromatic nitrogens is 2. The molecule has 94 valence electrons. The molecule has 4 nitrogen and oxygen atoms in total. The number of rotatable bonds is 4. The Labute approximate surface area is 97.0 Å². The molecule has 0 radical (unpaired) electrons. The molecule has 7 heteroatoms. The third kappa shape index (κ3) is 3.46. The Morgan fingerprint density at radius 3 is 2.59 bits per heavy atom. The van der Waals surface area contributed by atoms with Crippen molar-refractivity contribution in [3.63, 3.8) is 0 Å². The molecule has 0 fully saturated rings. The van der Waals surface area contributed by atoms with Gasteiger partial charge in [0.25, 0.3) is 0 Å². The van der Waals surface area contributed by atoms with Crippen molar-refractivity contribution in [2.45, 2.75) is 31.6 Å². The first kappa shape index (κ1) is 13.5. The first-order valence-electron chi connectivity index (χ1n) is 5.01. The normalized spacial score (nSPS) is 15.3. The van der Waals surface area contributed by atoms with Crippen molar-refractivity contribution < 1.29 is 13.2 Å². The van der Waals surface area contributed by atoms with E-state index in [1.54, 1.807) is 14.0 Å². The van der Waals surface area contributed by atoms with Crippen LogP contribution in [0.4, 0.5) is 13.2 Å². The summed E-state index contributed by atoms with van der Waals surface area (Å²) in [5.74, 6) is 0. The molecule has 0 aliphatic rings.